The molecule has 3 aromatic rings. The molecule has 10 heteroatoms. The summed E-state index contributed by atoms with van der Waals surface area (Å²) in [5.41, 5.74) is 1.96. The molecule has 1 aliphatic rings. The van der Waals surface area contributed by atoms with Crippen molar-refractivity contribution in [1.29, 1.82) is 0 Å². The van der Waals surface area contributed by atoms with Gasteiger partial charge < -0.3 is 14.6 Å². The van der Waals surface area contributed by atoms with E-state index in [1.165, 1.54) is 19.1 Å². The summed E-state index contributed by atoms with van der Waals surface area (Å²) in [6.07, 6.45) is 0. The number of aliphatic hydroxyl groups is 1. The average Bonchev–Trinajstić information content (AvgIpc) is 3.35. The molecule has 1 saturated heterocycles. The summed E-state index contributed by atoms with van der Waals surface area (Å²) in [6, 6.07) is 11.1. The van der Waals surface area contributed by atoms with Crippen LogP contribution in [0.2, 0.25) is 0 Å². The first-order valence-electron chi connectivity index (χ1n) is 10.4. The number of nitrogens with zero attached hydrogens (tertiary/aromatic N) is 2. The number of thiazole rings is 1. The third-order valence-corrected chi connectivity index (χ3v) is 7.35. The van der Waals surface area contributed by atoms with Crippen molar-refractivity contribution in [1.82, 2.24) is 4.98 Å². The summed E-state index contributed by atoms with van der Waals surface area (Å²) in [7, 11) is 2.79. The van der Waals surface area contributed by atoms with Crippen molar-refractivity contribution in [3.8, 4) is 5.75 Å². The Labute approximate surface area is 213 Å². The molecule has 2 aromatic carbocycles. The van der Waals surface area contributed by atoms with E-state index in [0.29, 0.717) is 28.1 Å². The Bertz CT molecular complexity index is 1380. The molecule has 0 spiro atoms. The number of ketones is 1. The third-order valence-electron chi connectivity index (χ3n) is 5.68. The van der Waals surface area contributed by atoms with Crippen molar-refractivity contribution in [3.05, 3.63) is 79.8 Å². The molecule has 0 aliphatic carbocycles. The van der Waals surface area contributed by atoms with Crippen LogP contribution in [0.3, 0.4) is 0 Å². The third kappa shape index (κ3) is 4.35. The van der Waals surface area contributed by atoms with Crippen molar-refractivity contribution in [2.75, 3.05) is 19.1 Å². The Morgan fingerprint density at radius 3 is 2.40 bits per heavy atom. The normalized spacial score (nSPS) is 17.1. The van der Waals surface area contributed by atoms with Gasteiger partial charge in [0.1, 0.15) is 16.4 Å². The zero-order valence-electron chi connectivity index (χ0n) is 19.3. The summed E-state index contributed by atoms with van der Waals surface area (Å²) in [5, 5.41) is 11.5. The maximum atomic E-state index is 13.3. The molecule has 1 aromatic heterocycles. The number of aryl methyl sites for hydroxylation is 2. The van der Waals surface area contributed by atoms with Gasteiger partial charge >= 0.3 is 11.9 Å². The molecule has 180 valence electrons. The fourth-order valence-electron chi connectivity index (χ4n) is 3.93. The monoisotopic (exact) mass is 556 g/mol. The van der Waals surface area contributed by atoms with Crippen LogP contribution < -0.4 is 9.64 Å². The predicted octanol–water partition coefficient (Wildman–Crippen LogP) is 4.94. The number of Topliss-reactive ketones (excluding diaryl/α,β-unsaturated/α-hetero) is 1. The highest BCUT2D eigenvalue weighted by Gasteiger charge is 2.48. The maximum Gasteiger partial charge on any atom is 0.350 e. The van der Waals surface area contributed by atoms with Gasteiger partial charge in [-0.05, 0) is 55.3 Å². The molecule has 1 aliphatic heterocycles. The van der Waals surface area contributed by atoms with E-state index in [-0.39, 0.29) is 21.3 Å². The number of halogens is 1. The van der Waals surface area contributed by atoms with Crippen molar-refractivity contribution >= 4 is 55.8 Å². The van der Waals surface area contributed by atoms with Gasteiger partial charge in [0.15, 0.2) is 5.13 Å². The standard InChI is InChI=1S/C25H21BrN2O6S/c1-12-11-16(33-3)9-10-17(12)20(29)18-19(14-5-7-15(26)8-6-14)28(23(31)21(18)30)25-27-13(2)22(35-25)24(32)34-4/h5-11,19,29H,1-4H3/t19-/m1/s1. The van der Waals surface area contributed by atoms with E-state index >= 15 is 0 Å². The van der Waals surface area contributed by atoms with Crippen LogP contribution in [0.15, 0.2) is 52.5 Å². The number of carbonyl (C=O) groups is 3. The van der Waals surface area contributed by atoms with Crippen LogP contribution in [0, 0.1) is 13.8 Å². The Balaban J connectivity index is 1.94. The first-order valence-corrected chi connectivity index (χ1v) is 12.1. The minimum absolute atomic E-state index is 0.0712. The molecule has 35 heavy (non-hydrogen) atoms. The van der Waals surface area contributed by atoms with E-state index in [2.05, 4.69) is 20.9 Å². The zero-order chi connectivity index (χ0) is 25.4. The topological polar surface area (TPSA) is 106 Å². The molecule has 0 radical (unpaired) electrons. The van der Waals surface area contributed by atoms with Crippen LogP contribution >= 0.6 is 27.3 Å². The molecule has 1 amide bonds. The van der Waals surface area contributed by atoms with Crippen molar-refractivity contribution in [2.24, 2.45) is 0 Å². The van der Waals surface area contributed by atoms with Gasteiger partial charge in [-0.1, -0.05) is 39.4 Å². The van der Waals surface area contributed by atoms with Crippen molar-refractivity contribution < 1.29 is 29.0 Å². The minimum Gasteiger partial charge on any atom is -0.507 e. The molecule has 0 saturated carbocycles. The molecule has 4 rings (SSSR count). The van der Waals surface area contributed by atoms with Gasteiger partial charge in [0.25, 0.3) is 5.78 Å². The van der Waals surface area contributed by atoms with Gasteiger partial charge in [0, 0.05) is 10.0 Å². The summed E-state index contributed by atoms with van der Waals surface area (Å²) in [6.45, 7) is 3.40. The molecule has 1 atom stereocenters. The number of anilines is 1. The highest BCUT2D eigenvalue weighted by atomic mass is 79.9. The average molecular weight is 557 g/mol. The Morgan fingerprint density at radius 1 is 1.11 bits per heavy atom. The number of aliphatic hydroxyl groups excluding tert-OH is 1. The summed E-state index contributed by atoms with van der Waals surface area (Å²) >= 11 is 4.35. The van der Waals surface area contributed by atoms with E-state index < -0.39 is 23.7 Å². The largest absolute Gasteiger partial charge is 0.507 e. The first-order chi connectivity index (χ1) is 16.7. The number of esters is 1. The fourth-order valence-corrected chi connectivity index (χ4v) is 5.21. The van der Waals surface area contributed by atoms with E-state index in [1.807, 2.05) is 0 Å². The second-order valence-corrected chi connectivity index (χ2v) is 9.70. The van der Waals surface area contributed by atoms with Crippen LogP contribution in [-0.4, -0.2) is 42.0 Å². The molecule has 0 unspecified atom stereocenters. The first kappa shape index (κ1) is 24.6. The number of benzene rings is 2. The predicted molar refractivity (Wildman–Crippen MR) is 135 cm³/mol. The van der Waals surface area contributed by atoms with Crippen LogP contribution in [0.1, 0.15) is 38.1 Å². The van der Waals surface area contributed by atoms with Gasteiger partial charge in [-0.2, -0.15) is 0 Å². The number of rotatable bonds is 5. The number of hydrogen-bond acceptors (Lipinski definition) is 8. The van der Waals surface area contributed by atoms with Crippen LogP contribution in [0.25, 0.3) is 5.76 Å². The highest BCUT2D eigenvalue weighted by molar-refractivity contribution is 9.10. The van der Waals surface area contributed by atoms with Crippen LogP contribution in [0.4, 0.5) is 5.13 Å². The molecular weight excluding hydrogens is 536 g/mol. The lowest BCUT2D eigenvalue weighted by Gasteiger charge is -2.23. The number of aromatic nitrogens is 1. The summed E-state index contributed by atoms with van der Waals surface area (Å²) < 4.78 is 10.9. The SMILES string of the molecule is COC(=O)c1sc(N2C(=O)C(=O)C(=C(O)c3ccc(OC)cc3C)[C@H]2c2ccc(Br)cc2)nc1C. The zero-order valence-corrected chi connectivity index (χ0v) is 21.7. The maximum absolute atomic E-state index is 13.3. The van der Waals surface area contributed by atoms with Gasteiger partial charge in [0.2, 0.25) is 0 Å². The quantitative estimate of drug-likeness (QED) is 0.205. The van der Waals surface area contributed by atoms with Crippen LogP contribution in [-0.2, 0) is 14.3 Å². The molecule has 8 nitrogen and oxygen atoms in total. The molecule has 0 bridgehead atoms. The summed E-state index contributed by atoms with van der Waals surface area (Å²) in [4.78, 5) is 44.6. The van der Waals surface area contributed by atoms with Gasteiger partial charge in [-0.15, -0.1) is 0 Å². The van der Waals surface area contributed by atoms with Crippen molar-refractivity contribution in [3.63, 3.8) is 0 Å². The second kappa shape index (κ2) is 9.63. The lowest BCUT2D eigenvalue weighted by Crippen LogP contribution is -2.29. The van der Waals surface area contributed by atoms with Gasteiger partial charge in [0.05, 0.1) is 31.5 Å². The highest BCUT2D eigenvalue weighted by Crippen LogP contribution is 2.44. The number of hydrogen-bond donors (Lipinski definition) is 1. The van der Waals surface area contributed by atoms with Gasteiger partial charge in [-0.3, -0.25) is 14.5 Å². The Morgan fingerprint density at radius 2 is 1.80 bits per heavy atom. The van der Waals surface area contributed by atoms with Gasteiger partial charge in [-0.25, -0.2) is 9.78 Å². The second-order valence-electron chi connectivity index (χ2n) is 7.80. The lowest BCUT2D eigenvalue weighted by atomic mass is 9.94. The van der Waals surface area contributed by atoms with Crippen molar-refractivity contribution in [2.45, 2.75) is 19.9 Å². The van der Waals surface area contributed by atoms with Crippen LogP contribution in [0.5, 0.6) is 5.75 Å². The Hall–Kier alpha value is -3.50. The molecular formula is C25H21BrN2O6S. The molecule has 1 N–H and O–H groups in total. The number of carbonyl (C=O) groups excluding carboxylic acids is 3. The van der Waals surface area contributed by atoms with E-state index in [1.54, 1.807) is 56.3 Å². The number of ether oxygens (including phenoxy) is 2. The van der Waals surface area contributed by atoms with E-state index in [4.69, 9.17) is 9.47 Å². The molecule has 2 heterocycles. The van der Waals surface area contributed by atoms with E-state index in [9.17, 15) is 19.5 Å². The number of amides is 1. The Kier molecular flexibility index (Phi) is 6.77. The van der Waals surface area contributed by atoms with E-state index in [0.717, 1.165) is 15.8 Å². The summed E-state index contributed by atoms with van der Waals surface area (Å²) in [5.74, 6) is -2.00. The smallest absolute Gasteiger partial charge is 0.350 e. The number of methoxy groups -OCH3 is 2. The fraction of sp³-hybridized carbons (Fsp3) is 0.200. The minimum atomic E-state index is -0.958. The lowest BCUT2D eigenvalue weighted by molar-refractivity contribution is -0.132. The molecule has 1 fully saturated rings.